The quantitative estimate of drug-likeness (QED) is 0.129. The van der Waals surface area contributed by atoms with Gasteiger partial charge in [0.15, 0.2) is 0 Å². The van der Waals surface area contributed by atoms with E-state index >= 15 is 0 Å². The molecule has 5 heteroatoms. The van der Waals surface area contributed by atoms with Crippen molar-refractivity contribution in [1.29, 1.82) is 0 Å². The lowest BCUT2D eigenvalue weighted by Gasteiger charge is -2.27. The van der Waals surface area contributed by atoms with Crippen molar-refractivity contribution in [3.05, 3.63) is 246 Å². The second-order valence-electron chi connectivity index (χ2n) is 14.6. The van der Waals surface area contributed by atoms with Crippen molar-refractivity contribution in [3.63, 3.8) is 0 Å². The summed E-state index contributed by atoms with van der Waals surface area (Å²) in [5.41, 5.74) is 15.0. The van der Waals surface area contributed by atoms with Crippen LogP contribution in [0, 0.1) is 6.92 Å². The Morgan fingerprint density at radius 1 is 0.267 bits per heavy atom. The molecule has 60 heavy (non-hydrogen) atoms. The van der Waals surface area contributed by atoms with E-state index in [-0.39, 0.29) is 0 Å². The molecular weight excluding hydrogens is 774 g/mol. The van der Waals surface area contributed by atoms with E-state index in [4.69, 9.17) is 23.2 Å². The van der Waals surface area contributed by atoms with Gasteiger partial charge >= 0.3 is 0 Å². The summed E-state index contributed by atoms with van der Waals surface area (Å²) in [5.74, 6) is 0. The maximum Gasteiger partial charge on any atom is 0.0647 e. The van der Waals surface area contributed by atoms with Gasteiger partial charge in [0.1, 0.15) is 0 Å². The van der Waals surface area contributed by atoms with Crippen LogP contribution < -0.4 is 14.7 Å². The second-order valence-corrected chi connectivity index (χ2v) is 15.4. The Morgan fingerprint density at radius 3 is 0.917 bits per heavy atom. The minimum atomic E-state index is 0.698. The van der Waals surface area contributed by atoms with Crippen LogP contribution in [0.5, 0.6) is 0 Å². The third-order valence-corrected chi connectivity index (χ3v) is 11.3. The molecule has 0 N–H and O–H groups in total. The van der Waals surface area contributed by atoms with Gasteiger partial charge in [-0.15, -0.1) is 0 Å². The lowest BCUT2D eigenvalue weighted by molar-refractivity contribution is 1.27. The van der Waals surface area contributed by atoms with Gasteiger partial charge in [-0.1, -0.05) is 145 Å². The van der Waals surface area contributed by atoms with E-state index in [1.165, 1.54) is 5.56 Å². The zero-order valence-electron chi connectivity index (χ0n) is 33.0. The zero-order chi connectivity index (χ0) is 40.8. The first-order valence-corrected chi connectivity index (χ1v) is 20.7. The van der Waals surface area contributed by atoms with Crippen LogP contribution in [-0.4, -0.2) is 0 Å². The van der Waals surface area contributed by atoms with Gasteiger partial charge in [-0.3, -0.25) is 0 Å². The first-order chi connectivity index (χ1) is 29.5. The Labute approximate surface area is 362 Å². The smallest absolute Gasteiger partial charge is 0.0647 e. The number of anilines is 9. The highest BCUT2D eigenvalue weighted by molar-refractivity contribution is 6.34. The summed E-state index contributed by atoms with van der Waals surface area (Å²) in [6.45, 7) is 2.14. The summed E-state index contributed by atoms with van der Waals surface area (Å²) in [5, 5.41) is 1.40. The molecule has 0 amide bonds. The average Bonchev–Trinajstić information content (AvgIpc) is 3.30. The molecule has 0 saturated heterocycles. The molecule has 0 atom stereocenters. The summed E-state index contributed by atoms with van der Waals surface area (Å²) in [6.07, 6.45) is 0. The van der Waals surface area contributed by atoms with Crippen LogP contribution >= 0.6 is 23.2 Å². The molecule has 0 saturated carbocycles. The largest absolute Gasteiger partial charge is 0.310 e. The van der Waals surface area contributed by atoms with E-state index in [0.29, 0.717) is 10.0 Å². The van der Waals surface area contributed by atoms with Gasteiger partial charge in [-0.2, -0.15) is 0 Å². The van der Waals surface area contributed by atoms with Crippen molar-refractivity contribution in [3.8, 4) is 22.3 Å². The van der Waals surface area contributed by atoms with Crippen molar-refractivity contribution < 1.29 is 0 Å². The highest BCUT2D eigenvalue weighted by Crippen LogP contribution is 2.42. The molecule has 9 aromatic rings. The Hall–Kier alpha value is -7.04. The Bertz CT molecular complexity index is 2650. The third-order valence-electron chi connectivity index (χ3n) is 10.6. The number of benzene rings is 9. The molecule has 0 heterocycles. The molecule has 0 spiro atoms. The molecule has 0 radical (unpaired) electrons. The van der Waals surface area contributed by atoms with Gasteiger partial charge in [0.2, 0.25) is 0 Å². The Kier molecular flexibility index (Phi) is 11.2. The van der Waals surface area contributed by atoms with Crippen molar-refractivity contribution in [2.45, 2.75) is 6.92 Å². The highest BCUT2D eigenvalue weighted by atomic mass is 35.5. The van der Waals surface area contributed by atoms with Crippen molar-refractivity contribution >= 4 is 74.4 Å². The van der Waals surface area contributed by atoms with Crippen LogP contribution in [-0.2, 0) is 0 Å². The third kappa shape index (κ3) is 8.15. The summed E-state index contributed by atoms with van der Waals surface area (Å²) in [4.78, 5) is 6.70. The fourth-order valence-corrected chi connectivity index (χ4v) is 8.14. The van der Waals surface area contributed by atoms with Crippen molar-refractivity contribution in [2.75, 3.05) is 14.7 Å². The first-order valence-electron chi connectivity index (χ1n) is 20.0. The van der Waals surface area contributed by atoms with Crippen molar-refractivity contribution in [2.24, 2.45) is 0 Å². The van der Waals surface area contributed by atoms with E-state index in [0.717, 1.165) is 73.4 Å². The number of para-hydroxylation sites is 4. The van der Waals surface area contributed by atoms with Gasteiger partial charge in [0.25, 0.3) is 0 Å². The Morgan fingerprint density at radius 2 is 0.567 bits per heavy atom. The summed E-state index contributed by atoms with van der Waals surface area (Å²) >= 11 is 13.4. The molecule has 290 valence electrons. The number of rotatable bonds is 11. The van der Waals surface area contributed by atoms with Crippen LogP contribution in [0.3, 0.4) is 0 Å². The molecule has 0 aliphatic heterocycles. The number of aryl methyl sites for hydroxylation is 1. The fraction of sp³-hybridized carbons (Fsp3) is 0.0182. The minimum absolute atomic E-state index is 0.698. The topological polar surface area (TPSA) is 9.72 Å². The lowest BCUT2D eigenvalue weighted by atomic mass is 10.0. The van der Waals surface area contributed by atoms with Gasteiger partial charge < -0.3 is 14.7 Å². The van der Waals surface area contributed by atoms with Gasteiger partial charge in [0.05, 0.1) is 21.4 Å². The van der Waals surface area contributed by atoms with Crippen LogP contribution in [0.4, 0.5) is 51.2 Å². The molecule has 3 nitrogen and oxygen atoms in total. The Balaban J connectivity index is 0.989. The van der Waals surface area contributed by atoms with E-state index in [9.17, 15) is 0 Å². The maximum absolute atomic E-state index is 6.72. The minimum Gasteiger partial charge on any atom is -0.310 e. The monoisotopic (exact) mass is 813 g/mol. The summed E-state index contributed by atoms with van der Waals surface area (Å²) in [7, 11) is 0. The van der Waals surface area contributed by atoms with Gasteiger partial charge in [0, 0.05) is 39.8 Å². The number of halogens is 2. The molecule has 9 aromatic carbocycles. The summed E-state index contributed by atoms with van der Waals surface area (Å²) in [6, 6.07) is 80.2. The van der Waals surface area contributed by atoms with Gasteiger partial charge in [-0.05, 0) is 144 Å². The highest BCUT2D eigenvalue weighted by Gasteiger charge is 2.18. The van der Waals surface area contributed by atoms with E-state index in [1.54, 1.807) is 0 Å². The molecule has 9 rings (SSSR count). The SMILES string of the molecule is Cc1cccc(N(c2ccc(-c3ccc(N(c4ccccc4)c4ccccc4Cl)cc3)cc2)c2ccc(-c3ccc(N(c4ccccc4)c4ccccc4Cl)cc3)cc2)c1. The number of hydrogen-bond donors (Lipinski definition) is 0. The van der Waals surface area contributed by atoms with E-state index in [2.05, 4.69) is 179 Å². The predicted octanol–water partition coefficient (Wildman–Crippen LogP) is 17.0. The van der Waals surface area contributed by atoms with Crippen LogP contribution in [0.2, 0.25) is 10.0 Å². The molecule has 0 aliphatic carbocycles. The van der Waals surface area contributed by atoms with E-state index < -0.39 is 0 Å². The molecule has 0 aromatic heterocycles. The average molecular weight is 815 g/mol. The summed E-state index contributed by atoms with van der Waals surface area (Å²) < 4.78 is 0. The maximum atomic E-state index is 6.72. The molecule has 0 aliphatic rings. The van der Waals surface area contributed by atoms with Crippen LogP contribution in [0.25, 0.3) is 22.3 Å². The standard InChI is InChI=1S/C55H41Cl2N3/c1-40-13-12-18-51(39-40)58(47-31-23-41(24-32-47)43-27-35-49(36-28-43)59(45-14-4-2-5-15-45)54-21-10-8-19-52(54)56)48-33-25-42(26-34-48)44-29-37-50(38-30-44)60(46-16-6-3-7-17-46)55-22-11-9-20-53(55)57/h2-39H,1H3. The predicted molar refractivity (Wildman–Crippen MR) is 256 cm³/mol. The molecule has 0 bridgehead atoms. The van der Waals surface area contributed by atoms with Gasteiger partial charge in [-0.25, -0.2) is 0 Å². The second kappa shape index (κ2) is 17.4. The normalized spacial score (nSPS) is 10.9. The van der Waals surface area contributed by atoms with E-state index in [1.807, 2.05) is 72.8 Å². The molecular formula is C55H41Cl2N3. The lowest BCUT2D eigenvalue weighted by Crippen LogP contribution is -2.10. The first kappa shape index (κ1) is 38.5. The molecule has 0 fully saturated rings. The molecule has 0 unspecified atom stereocenters. The number of nitrogens with zero attached hydrogens (tertiary/aromatic N) is 3. The van der Waals surface area contributed by atoms with Crippen molar-refractivity contribution in [1.82, 2.24) is 0 Å². The zero-order valence-corrected chi connectivity index (χ0v) is 34.5. The van der Waals surface area contributed by atoms with Crippen LogP contribution in [0.1, 0.15) is 5.56 Å². The number of hydrogen-bond acceptors (Lipinski definition) is 3. The fourth-order valence-electron chi connectivity index (χ4n) is 7.70. The van der Waals surface area contributed by atoms with Crippen LogP contribution in [0.15, 0.2) is 231 Å².